The number of pyridine rings is 1. The Morgan fingerprint density at radius 2 is 0.976 bits per heavy atom. The molecular weight excluding hydrogens is 516 g/mol. The summed E-state index contributed by atoms with van der Waals surface area (Å²) in [5, 5.41) is 0. The minimum Gasteiger partial charge on any atom is -0.494 e. The molecule has 0 aliphatic heterocycles. The summed E-state index contributed by atoms with van der Waals surface area (Å²) in [7, 11) is 4.16. The van der Waals surface area contributed by atoms with E-state index in [1.54, 1.807) is 0 Å². The van der Waals surface area contributed by atoms with Crippen LogP contribution >= 0.6 is 0 Å². The molecule has 2 aromatic carbocycles. The number of ether oxygens (including phenoxy) is 2. The molecule has 0 saturated heterocycles. The summed E-state index contributed by atoms with van der Waals surface area (Å²) in [6.07, 6.45) is 25.2. The van der Waals surface area contributed by atoms with Gasteiger partial charge in [0.25, 0.3) is 0 Å². The van der Waals surface area contributed by atoms with Crippen LogP contribution in [0.15, 0.2) is 73.1 Å². The molecule has 0 unspecified atom stereocenters. The molecule has 4 nitrogen and oxygen atoms in total. The molecule has 228 valence electrons. The van der Waals surface area contributed by atoms with Gasteiger partial charge in [-0.1, -0.05) is 101 Å². The fraction of sp³-hybridized carbons (Fsp3) is 0.500. The van der Waals surface area contributed by atoms with Gasteiger partial charge in [0.05, 0.1) is 13.2 Å². The fourth-order valence-corrected chi connectivity index (χ4v) is 4.98. The zero-order valence-electron chi connectivity index (χ0n) is 26.6. The van der Waals surface area contributed by atoms with Gasteiger partial charge >= 0.3 is 0 Å². The highest BCUT2D eigenvalue weighted by atomic mass is 16.5. The summed E-state index contributed by atoms with van der Waals surface area (Å²) in [4.78, 5) is 2.14. The van der Waals surface area contributed by atoms with E-state index < -0.39 is 0 Å². The van der Waals surface area contributed by atoms with Gasteiger partial charge in [0.15, 0.2) is 12.4 Å². The third kappa shape index (κ3) is 14.1. The van der Waals surface area contributed by atoms with Crippen molar-refractivity contribution in [1.29, 1.82) is 0 Å². The van der Waals surface area contributed by atoms with Gasteiger partial charge in [-0.3, -0.25) is 0 Å². The second kappa shape index (κ2) is 20.6. The van der Waals surface area contributed by atoms with Crippen LogP contribution in [-0.2, 0) is 6.54 Å². The smallest absolute Gasteiger partial charge is 0.170 e. The number of anilines is 1. The molecule has 0 bridgehead atoms. The topological polar surface area (TPSA) is 25.6 Å². The highest BCUT2D eigenvalue weighted by Gasteiger charge is 2.02. The number of hydrogen-bond donors (Lipinski definition) is 0. The molecule has 0 aliphatic rings. The van der Waals surface area contributed by atoms with Crippen molar-refractivity contribution in [2.24, 2.45) is 0 Å². The van der Waals surface area contributed by atoms with Crippen LogP contribution in [0.1, 0.15) is 102 Å². The minimum atomic E-state index is 0.794. The van der Waals surface area contributed by atoms with Crippen LogP contribution in [0.2, 0.25) is 0 Å². The SMILES string of the molecule is CCCCCCCCOc1ccc(C=Cc2ccc(OCCCCCCCCC[n+]3ccc(N(C)C)cc3)cc2)cc1. The van der Waals surface area contributed by atoms with E-state index in [0.717, 1.165) is 44.1 Å². The average Bonchev–Trinajstić information content (AvgIpc) is 3.02. The molecule has 0 amide bonds. The molecule has 0 aliphatic carbocycles. The molecule has 1 heterocycles. The zero-order chi connectivity index (χ0) is 29.7. The van der Waals surface area contributed by atoms with Crippen LogP contribution < -0.4 is 18.9 Å². The van der Waals surface area contributed by atoms with Crippen LogP contribution in [0.4, 0.5) is 5.69 Å². The number of aryl methyl sites for hydroxylation is 1. The molecule has 42 heavy (non-hydrogen) atoms. The lowest BCUT2D eigenvalue weighted by molar-refractivity contribution is -0.697. The average molecular weight is 572 g/mol. The van der Waals surface area contributed by atoms with Crippen LogP contribution in [0.3, 0.4) is 0 Å². The predicted octanol–water partition coefficient (Wildman–Crippen LogP) is 9.76. The lowest BCUT2D eigenvalue weighted by atomic mass is 10.1. The first-order chi connectivity index (χ1) is 20.6. The number of hydrogen-bond acceptors (Lipinski definition) is 3. The highest BCUT2D eigenvalue weighted by Crippen LogP contribution is 2.18. The Balaban J connectivity index is 1.19. The van der Waals surface area contributed by atoms with Crippen LogP contribution in [0.5, 0.6) is 11.5 Å². The Morgan fingerprint density at radius 3 is 1.43 bits per heavy atom. The Morgan fingerprint density at radius 1 is 0.548 bits per heavy atom. The Labute approximate surface area is 256 Å². The number of rotatable bonds is 22. The van der Waals surface area contributed by atoms with E-state index in [9.17, 15) is 0 Å². The molecule has 0 radical (unpaired) electrons. The summed E-state index contributed by atoms with van der Waals surface area (Å²) in [6, 6.07) is 21.1. The maximum atomic E-state index is 5.97. The Bertz CT molecular complexity index is 1110. The lowest BCUT2D eigenvalue weighted by Gasteiger charge is -2.10. The molecule has 0 spiro atoms. The maximum Gasteiger partial charge on any atom is 0.170 e. The molecule has 0 saturated carbocycles. The molecular formula is C38H55N2O2+. The molecule has 0 atom stereocenters. The summed E-state index contributed by atoms with van der Waals surface area (Å²) in [5.41, 5.74) is 3.60. The quantitative estimate of drug-likeness (QED) is 0.0682. The Kier molecular flexibility index (Phi) is 16.3. The lowest BCUT2D eigenvalue weighted by Crippen LogP contribution is -2.32. The van der Waals surface area contributed by atoms with Crippen molar-refractivity contribution in [1.82, 2.24) is 0 Å². The first-order valence-electron chi connectivity index (χ1n) is 16.4. The van der Waals surface area contributed by atoms with Gasteiger partial charge in [-0.05, 0) is 54.7 Å². The van der Waals surface area contributed by atoms with E-state index in [4.69, 9.17) is 9.47 Å². The summed E-state index contributed by atoms with van der Waals surface area (Å²) in [6.45, 7) is 4.97. The van der Waals surface area contributed by atoms with E-state index in [0.29, 0.717) is 0 Å². The van der Waals surface area contributed by atoms with Crippen LogP contribution in [0.25, 0.3) is 12.2 Å². The minimum absolute atomic E-state index is 0.794. The fourth-order valence-electron chi connectivity index (χ4n) is 4.98. The van der Waals surface area contributed by atoms with E-state index in [1.165, 1.54) is 87.4 Å². The van der Waals surface area contributed by atoms with Crippen molar-refractivity contribution in [3.63, 3.8) is 0 Å². The first kappa shape index (κ1) is 33.2. The summed E-state index contributed by atoms with van der Waals surface area (Å²) in [5.74, 6) is 1.91. The molecule has 0 N–H and O–H groups in total. The molecule has 3 aromatic rings. The van der Waals surface area contributed by atoms with E-state index in [-0.39, 0.29) is 0 Å². The molecule has 4 heteroatoms. The van der Waals surface area contributed by atoms with Crippen molar-refractivity contribution in [3.05, 3.63) is 84.2 Å². The number of unbranched alkanes of at least 4 members (excludes halogenated alkanes) is 11. The van der Waals surface area contributed by atoms with Gasteiger partial charge in [-0.15, -0.1) is 0 Å². The second-order valence-electron chi connectivity index (χ2n) is 11.6. The van der Waals surface area contributed by atoms with Crippen LogP contribution in [0, 0.1) is 0 Å². The summed E-state index contributed by atoms with van der Waals surface area (Å²) >= 11 is 0. The molecule has 3 rings (SSSR count). The van der Waals surface area contributed by atoms with Gasteiger partial charge in [-0.2, -0.15) is 0 Å². The standard InChI is InChI=1S/C38H55N2O2/c1-4-5-6-7-12-15-32-41-37-23-19-34(20-24-37)17-18-35-21-25-38(26-22-35)42-33-16-13-10-8-9-11-14-29-40-30-27-36(28-31-40)39(2)3/h17-28,30-31H,4-16,29,32-33H2,1-3H3/q+1. The number of aromatic nitrogens is 1. The molecule has 1 aromatic heterocycles. The highest BCUT2D eigenvalue weighted by molar-refractivity contribution is 5.70. The third-order valence-corrected chi connectivity index (χ3v) is 7.71. The van der Waals surface area contributed by atoms with Gasteiger partial charge < -0.3 is 14.4 Å². The third-order valence-electron chi connectivity index (χ3n) is 7.71. The maximum absolute atomic E-state index is 5.97. The van der Waals surface area contributed by atoms with Crippen molar-refractivity contribution < 1.29 is 14.0 Å². The predicted molar refractivity (Wildman–Crippen MR) is 179 cm³/mol. The van der Waals surface area contributed by atoms with E-state index in [2.05, 4.69) is 116 Å². The second-order valence-corrected chi connectivity index (χ2v) is 11.6. The van der Waals surface area contributed by atoms with Gasteiger partial charge in [-0.25, -0.2) is 4.57 Å². The molecule has 0 fully saturated rings. The van der Waals surface area contributed by atoms with E-state index in [1.807, 2.05) is 0 Å². The van der Waals surface area contributed by atoms with Gasteiger partial charge in [0, 0.05) is 38.3 Å². The van der Waals surface area contributed by atoms with Crippen molar-refractivity contribution in [3.8, 4) is 11.5 Å². The van der Waals surface area contributed by atoms with Crippen molar-refractivity contribution in [2.75, 3.05) is 32.2 Å². The number of benzene rings is 2. The summed E-state index contributed by atoms with van der Waals surface area (Å²) < 4.78 is 14.2. The van der Waals surface area contributed by atoms with Crippen molar-refractivity contribution >= 4 is 17.8 Å². The monoisotopic (exact) mass is 571 g/mol. The van der Waals surface area contributed by atoms with Gasteiger partial charge in [0.1, 0.15) is 18.0 Å². The largest absolute Gasteiger partial charge is 0.494 e. The first-order valence-corrected chi connectivity index (χ1v) is 16.4. The van der Waals surface area contributed by atoms with Crippen LogP contribution in [-0.4, -0.2) is 27.3 Å². The van der Waals surface area contributed by atoms with Crippen molar-refractivity contribution in [2.45, 2.75) is 96.9 Å². The van der Waals surface area contributed by atoms with E-state index >= 15 is 0 Å². The Hall–Kier alpha value is -3.27. The van der Waals surface area contributed by atoms with Gasteiger partial charge in [0.2, 0.25) is 0 Å². The number of nitrogens with zero attached hydrogens (tertiary/aromatic N) is 2. The zero-order valence-corrected chi connectivity index (χ0v) is 26.6. The normalized spacial score (nSPS) is 11.2.